The number of nitrogens with one attached hydrogen (secondary N) is 1. The van der Waals surface area contributed by atoms with E-state index >= 15 is 0 Å². The molecule has 1 heterocycles. The summed E-state index contributed by atoms with van der Waals surface area (Å²) in [5, 5.41) is 4.61. The molecule has 0 radical (unpaired) electrons. The maximum atomic E-state index is 5.15. The predicted octanol–water partition coefficient (Wildman–Crippen LogP) is 3.20. The third kappa shape index (κ3) is 4.13. The lowest BCUT2D eigenvalue weighted by Gasteiger charge is -2.06. The van der Waals surface area contributed by atoms with Gasteiger partial charge in [-0.05, 0) is 25.0 Å². The second-order valence-electron chi connectivity index (χ2n) is 4.60. The molecule has 0 amide bonds. The number of thiazole rings is 1. The fourth-order valence-electron chi connectivity index (χ4n) is 2.05. The van der Waals surface area contributed by atoms with Crippen LogP contribution < -0.4 is 5.32 Å². The minimum Gasteiger partial charge on any atom is -0.380 e. The van der Waals surface area contributed by atoms with Crippen molar-refractivity contribution in [3.63, 3.8) is 0 Å². The molecule has 0 fully saturated rings. The van der Waals surface area contributed by atoms with E-state index in [2.05, 4.69) is 48.4 Å². The van der Waals surface area contributed by atoms with Gasteiger partial charge in [0.15, 0.2) is 0 Å². The van der Waals surface area contributed by atoms with Crippen molar-refractivity contribution in [2.24, 2.45) is 0 Å². The lowest BCUT2D eigenvalue weighted by Crippen LogP contribution is -2.12. The molecular formula is C15H20N2OS. The number of ether oxygens (including phenoxy) is 1. The molecule has 0 aliphatic carbocycles. The highest BCUT2D eigenvalue weighted by Crippen LogP contribution is 2.16. The molecule has 0 spiro atoms. The van der Waals surface area contributed by atoms with Crippen LogP contribution in [0.1, 0.15) is 26.7 Å². The predicted molar refractivity (Wildman–Crippen MR) is 79.3 cm³/mol. The first-order valence-electron chi connectivity index (χ1n) is 6.39. The maximum Gasteiger partial charge on any atom is 0.0900 e. The molecule has 0 saturated heterocycles. The molecule has 1 aromatic heterocycles. The Labute approximate surface area is 118 Å². The zero-order valence-electron chi connectivity index (χ0n) is 11.7. The van der Waals surface area contributed by atoms with Gasteiger partial charge in [0.05, 0.1) is 17.3 Å². The highest BCUT2D eigenvalue weighted by molar-refractivity contribution is 7.11. The Morgan fingerprint density at radius 1 is 1.21 bits per heavy atom. The normalized spacial score (nSPS) is 10.9. The quantitative estimate of drug-likeness (QED) is 0.880. The third-order valence-corrected chi connectivity index (χ3v) is 3.99. The van der Waals surface area contributed by atoms with E-state index in [1.54, 1.807) is 18.4 Å². The van der Waals surface area contributed by atoms with Crippen LogP contribution in [0.3, 0.4) is 0 Å². The Balaban J connectivity index is 1.88. The van der Waals surface area contributed by atoms with Crippen molar-refractivity contribution in [3.8, 4) is 0 Å². The average Bonchev–Trinajstić information content (AvgIpc) is 2.69. The van der Waals surface area contributed by atoms with Gasteiger partial charge in [0.2, 0.25) is 0 Å². The van der Waals surface area contributed by atoms with Crippen molar-refractivity contribution in [3.05, 3.63) is 51.0 Å². The average molecular weight is 276 g/mol. The van der Waals surface area contributed by atoms with E-state index in [4.69, 9.17) is 4.74 Å². The van der Waals surface area contributed by atoms with Crippen molar-refractivity contribution in [2.75, 3.05) is 7.11 Å². The number of nitrogens with zero attached hydrogens (tertiary/aromatic N) is 1. The van der Waals surface area contributed by atoms with Gasteiger partial charge >= 0.3 is 0 Å². The first-order chi connectivity index (χ1) is 9.19. The summed E-state index contributed by atoms with van der Waals surface area (Å²) < 4.78 is 5.15. The largest absolute Gasteiger partial charge is 0.380 e. The van der Waals surface area contributed by atoms with E-state index in [0.717, 1.165) is 23.8 Å². The van der Waals surface area contributed by atoms with Gasteiger partial charge in [0, 0.05) is 25.1 Å². The van der Waals surface area contributed by atoms with E-state index in [1.807, 2.05) is 0 Å². The lowest BCUT2D eigenvalue weighted by atomic mass is 10.1. The van der Waals surface area contributed by atoms with Gasteiger partial charge < -0.3 is 10.1 Å². The first kappa shape index (κ1) is 14.2. The van der Waals surface area contributed by atoms with Gasteiger partial charge in [-0.3, -0.25) is 0 Å². The summed E-state index contributed by atoms with van der Waals surface area (Å²) >= 11 is 1.77. The molecule has 3 nitrogen and oxygen atoms in total. The monoisotopic (exact) mass is 276 g/mol. The lowest BCUT2D eigenvalue weighted by molar-refractivity contribution is 0.185. The standard InChI is InChI=1S/C15H20N2OS/c1-11-15(19-12(2)17-11)9-16-8-13-5-4-6-14(7-13)10-18-3/h4-7,16H,8-10H2,1-3H3. The molecule has 2 aromatic rings. The number of rotatable bonds is 6. The number of benzene rings is 1. The van der Waals surface area contributed by atoms with Crippen LogP contribution in [0, 0.1) is 13.8 Å². The summed E-state index contributed by atoms with van der Waals surface area (Å²) in [6.07, 6.45) is 0. The maximum absolute atomic E-state index is 5.15. The third-order valence-electron chi connectivity index (χ3n) is 2.92. The van der Waals surface area contributed by atoms with Crippen LogP contribution in [-0.4, -0.2) is 12.1 Å². The molecule has 1 N–H and O–H groups in total. The topological polar surface area (TPSA) is 34.1 Å². The van der Waals surface area contributed by atoms with E-state index < -0.39 is 0 Å². The Bertz CT molecular complexity index is 537. The van der Waals surface area contributed by atoms with Crippen LogP contribution in [0.2, 0.25) is 0 Å². The molecule has 102 valence electrons. The van der Waals surface area contributed by atoms with Crippen LogP contribution in [0.15, 0.2) is 24.3 Å². The number of methoxy groups -OCH3 is 1. The SMILES string of the molecule is COCc1cccc(CNCc2sc(C)nc2C)c1. The van der Waals surface area contributed by atoms with E-state index in [1.165, 1.54) is 16.0 Å². The van der Waals surface area contributed by atoms with E-state index in [0.29, 0.717) is 6.61 Å². The summed E-state index contributed by atoms with van der Waals surface area (Å²) in [5.41, 5.74) is 3.64. The zero-order valence-corrected chi connectivity index (χ0v) is 12.5. The van der Waals surface area contributed by atoms with Crippen molar-refractivity contribution < 1.29 is 4.74 Å². The molecule has 4 heteroatoms. The number of aromatic nitrogens is 1. The van der Waals surface area contributed by atoms with Crippen molar-refractivity contribution >= 4 is 11.3 Å². The fourth-order valence-corrected chi connectivity index (χ4v) is 2.96. The summed E-state index contributed by atoms with van der Waals surface area (Å²) in [4.78, 5) is 5.76. The molecule has 0 aliphatic heterocycles. The fraction of sp³-hybridized carbons (Fsp3) is 0.400. The molecular weight excluding hydrogens is 256 g/mol. The van der Waals surface area contributed by atoms with Crippen LogP contribution in [0.25, 0.3) is 0 Å². The van der Waals surface area contributed by atoms with Gasteiger partial charge in [-0.1, -0.05) is 24.3 Å². The first-order valence-corrected chi connectivity index (χ1v) is 7.21. The Kier molecular flexibility index (Phi) is 5.07. The molecule has 0 aliphatic rings. The summed E-state index contributed by atoms with van der Waals surface area (Å²) in [6, 6.07) is 8.48. The summed E-state index contributed by atoms with van der Waals surface area (Å²) in [6.45, 7) is 6.54. The van der Waals surface area contributed by atoms with Crippen LogP contribution in [0.4, 0.5) is 0 Å². The molecule has 2 rings (SSSR count). The molecule has 0 atom stereocenters. The Hall–Kier alpha value is -1.23. The van der Waals surface area contributed by atoms with Crippen molar-refractivity contribution in [1.82, 2.24) is 10.3 Å². The van der Waals surface area contributed by atoms with Crippen molar-refractivity contribution in [2.45, 2.75) is 33.5 Å². The number of aryl methyl sites for hydroxylation is 2. The Morgan fingerprint density at radius 3 is 2.68 bits per heavy atom. The summed E-state index contributed by atoms with van der Waals surface area (Å²) in [5.74, 6) is 0. The van der Waals surface area contributed by atoms with Gasteiger partial charge in [0.1, 0.15) is 0 Å². The van der Waals surface area contributed by atoms with E-state index in [9.17, 15) is 0 Å². The smallest absolute Gasteiger partial charge is 0.0900 e. The zero-order chi connectivity index (χ0) is 13.7. The second kappa shape index (κ2) is 6.80. The number of hydrogen-bond acceptors (Lipinski definition) is 4. The molecule has 0 bridgehead atoms. The minimum atomic E-state index is 0.668. The highest BCUT2D eigenvalue weighted by atomic mass is 32.1. The van der Waals surface area contributed by atoms with Gasteiger partial charge in [-0.25, -0.2) is 4.98 Å². The summed E-state index contributed by atoms with van der Waals surface area (Å²) in [7, 11) is 1.72. The number of hydrogen-bond donors (Lipinski definition) is 1. The molecule has 19 heavy (non-hydrogen) atoms. The van der Waals surface area contributed by atoms with Crippen LogP contribution >= 0.6 is 11.3 Å². The second-order valence-corrected chi connectivity index (χ2v) is 5.89. The Morgan fingerprint density at radius 2 is 2.00 bits per heavy atom. The van der Waals surface area contributed by atoms with E-state index in [-0.39, 0.29) is 0 Å². The van der Waals surface area contributed by atoms with Crippen LogP contribution in [0.5, 0.6) is 0 Å². The molecule has 1 aromatic carbocycles. The van der Waals surface area contributed by atoms with Gasteiger partial charge in [-0.15, -0.1) is 11.3 Å². The molecule has 0 unspecified atom stereocenters. The molecule has 0 saturated carbocycles. The highest BCUT2D eigenvalue weighted by Gasteiger charge is 2.04. The minimum absolute atomic E-state index is 0.668. The van der Waals surface area contributed by atoms with Crippen LogP contribution in [-0.2, 0) is 24.4 Å². The van der Waals surface area contributed by atoms with Crippen molar-refractivity contribution in [1.29, 1.82) is 0 Å². The van der Waals surface area contributed by atoms with Gasteiger partial charge in [-0.2, -0.15) is 0 Å². The van der Waals surface area contributed by atoms with Gasteiger partial charge in [0.25, 0.3) is 0 Å².